The maximum Gasteiger partial charge on any atom is 0.407 e. The molecule has 0 unspecified atom stereocenters. The van der Waals surface area contributed by atoms with Crippen LogP contribution >= 0.6 is 28.3 Å². The van der Waals surface area contributed by atoms with E-state index in [0.717, 1.165) is 18.2 Å². The Morgan fingerprint density at radius 2 is 1.80 bits per heavy atom. The van der Waals surface area contributed by atoms with Crippen LogP contribution in [0.1, 0.15) is 11.6 Å². The highest BCUT2D eigenvalue weighted by atomic mass is 79.9. The predicted octanol–water partition coefficient (Wildman–Crippen LogP) is 3.57. The molecule has 0 aliphatic carbocycles. The van der Waals surface area contributed by atoms with E-state index >= 15 is 0 Å². The van der Waals surface area contributed by atoms with Gasteiger partial charge in [-0.1, -0.05) is 22.0 Å². The van der Waals surface area contributed by atoms with Crippen molar-refractivity contribution in [3.63, 3.8) is 0 Å². The van der Waals surface area contributed by atoms with Gasteiger partial charge in [-0.25, -0.2) is 4.39 Å². The van der Waals surface area contributed by atoms with Gasteiger partial charge in [-0.2, -0.15) is 13.2 Å². The minimum atomic E-state index is -4.53. The fourth-order valence-corrected chi connectivity index (χ4v) is 1.53. The quantitative estimate of drug-likeness (QED) is 0.789. The summed E-state index contributed by atoms with van der Waals surface area (Å²) >= 11 is 2.82. The molecule has 0 aliphatic rings. The lowest BCUT2D eigenvalue weighted by molar-refractivity contribution is -0.149. The van der Waals surface area contributed by atoms with Crippen molar-refractivity contribution < 1.29 is 17.6 Å². The van der Waals surface area contributed by atoms with E-state index in [4.69, 9.17) is 5.73 Å². The molecule has 0 aliphatic heterocycles. The topological polar surface area (TPSA) is 26.0 Å². The van der Waals surface area contributed by atoms with Crippen LogP contribution in [0.4, 0.5) is 17.6 Å². The van der Waals surface area contributed by atoms with Crippen LogP contribution in [0, 0.1) is 5.82 Å². The molecule has 1 nitrogen and oxygen atoms in total. The number of halogens is 6. The second-order valence-corrected chi connectivity index (χ2v) is 3.54. The van der Waals surface area contributed by atoms with Crippen LogP contribution < -0.4 is 5.73 Å². The number of hydrogen-bond acceptors (Lipinski definition) is 1. The van der Waals surface area contributed by atoms with Crippen molar-refractivity contribution in [1.29, 1.82) is 0 Å². The Morgan fingerprint density at radius 3 is 2.20 bits per heavy atom. The first kappa shape index (κ1) is 14.7. The minimum absolute atomic E-state index is 0. The second kappa shape index (κ2) is 5.14. The summed E-state index contributed by atoms with van der Waals surface area (Å²) in [5.74, 6) is -0.616. The van der Waals surface area contributed by atoms with E-state index in [-0.39, 0.29) is 22.4 Å². The lowest BCUT2D eigenvalue weighted by Crippen LogP contribution is -2.28. The molecule has 15 heavy (non-hydrogen) atoms. The number of rotatable bonds is 1. The number of hydrogen-bond donors (Lipinski definition) is 1. The third-order valence-corrected chi connectivity index (χ3v) is 2.34. The smallest absolute Gasteiger partial charge is 0.316 e. The van der Waals surface area contributed by atoms with Crippen LogP contribution in [0.3, 0.4) is 0 Å². The van der Waals surface area contributed by atoms with Crippen LogP contribution in [0.5, 0.6) is 0 Å². The molecule has 1 aromatic rings. The van der Waals surface area contributed by atoms with Crippen molar-refractivity contribution in [2.75, 3.05) is 0 Å². The highest BCUT2D eigenvalue weighted by molar-refractivity contribution is 9.10. The Balaban J connectivity index is 0.00000196. The largest absolute Gasteiger partial charge is 0.407 e. The first-order valence-corrected chi connectivity index (χ1v) is 4.39. The Bertz CT molecular complexity index is 342. The molecule has 1 aromatic carbocycles. The predicted molar refractivity (Wildman–Crippen MR) is 54.3 cm³/mol. The van der Waals surface area contributed by atoms with Gasteiger partial charge in [0, 0.05) is 4.47 Å². The zero-order chi connectivity index (χ0) is 10.9. The third kappa shape index (κ3) is 3.62. The third-order valence-electron chi connectivity index (χ3n) is 1.65. The van der Waals surface area contributed by atoms with Crippen molar-refractivity contribution in [1.82, 2.24) is 0 Å². The zero-order valence-electron chi connectivity index (χ0n) is 7.18. The van der Waals surface area contributed by atoms with Gasteiger partial charge in [0.25, 0.3) is 0 Å². The SMILES string of the molecule is Cl.N[C@@H](c1ccc(F)cc1Br)C(F)(F)F. The summed E-state index contributed by atoms with van der Waals surface area (Å²) in [6, 6.07) is 0.793. The molecule has 0 radical (unpaired) electrons. The Labute approximate surface area is 98.2 Å². The molecule has 0 fully saturated rings. The van der Waals surface area contributed by atoms with Gasteiger partial charge < -0.3 is 5.73 Å². The van der Waals surface area contributed by atoms with Crippen molar-refractivity contribution >= 4 is 28.3 Å². The Morgan fingerprint density at radius 1 is 1.27 bits per heavy atom. The molecule has 1 atom stereocenters. The van der Waals surface area contributed by atoms with E-state index < -0.39 is 18.0 Å². The number of benzene rings is 1. The fraction of sp³-hybridized carbons (Fsp3) is 0.250. The Kier molecular flexibility index (Phi) is 5.02. The summed E-state index contributed by atoms with van der Waals surface area (Å²) in [6.45, 7) is 0. The molecular formula is C8H7BrClF4N. The first-order chi connectivity index (χ1) is 6.32. The standard InChI is InChI=1S/C8H6BrF4N.ClH/c9-6-3-4(10)1-2-5(6)7(14)8(11,12)13;/h1-3,7H,14H2;1H/t7-;/m0./s1. The molecule has 0 heterocycles. The zero-order valence-corrected chi connectivity index (χ0v) is 9.59. The summed E-state index contributed by atoms with van der Waals surface area (Å²) in [5.41, 5.74) is 4.76. The fourth-order valence-electron chi connectivity index (χ4n) is 0.930. The maximum absolute atomic E-state index is 12.6. The van der Waals surface area contributed by atoms with Gasteiger partial charge in [0.15, 0.2) is 0 Å². The van der Waals surface area contributed by atoms with Crippen molar-refractivity contribution in [3.05, 3.63) is 34.1 Å². The van der Waals surface area contributed by atoms with E-state index in [0.29, 0.717) is 0 Å². The highest BCUT2D eigenvalue weighted by Crippen LogP contribution is 2.34. The molecule has 86 valence electrons. The minimum Gasteiger partial charge on any atom is -0.316 e. The number of alkyl halides is 3. The molecule has 2 N–H and O–H groups in total. The van der Waals surface area contributed by atoms with Crippen molar-refractivity contribution in [2.24, 2.45) is 5.73 Å². The second-order valence-electron chi connectivity index (χ2n) is 2.69. The van der Waals surface area contributed by atoms with Crippen LogP contribution in [0.25, 0.3) is 0 Å². The average molecular weight is 308 g/mol. The monoisotopic (exact) mass is 307 g/mol. The summed E-state index contributed by atoms with van der Waals surface area (Å²) < 4.78 is 49.1. The average Bonchev–Trinajstić information content (AvgIpc) is 2.01. The molecule has 0 bridgehead atoms. The molecule has 7 heteroatoms. The van der Waals surface area contributed by atoms with Gasteiger partial charge >= 0.3 is 6.18 Å². The van der Waals surface area contributed by atoms with E-state index in [1.807, 2.05) is 0 Å². The summed E-state index contributed by atoms with van der Waals surface area (Å²) in [5, 5.41) is 0. The van der Waals surface area contributed by atoms with Gasteiger partial charge in [0.2, 0.25) is 0 Å². The van der Waals surface area contributed by atoms with Crippen LogP contribution in [0.2, 0.25) is 0 Å². The molecule has 0 amide bonds. The highest BCUT2D eigenvalue weighted by Gasteiger charge is 2.38. The van der Waals surface area contributed by atoms with E-state index in [2.05, 4.69) is 15.9 Å². The maximum atomic E-state index is 12.6. The van der Waals surface area contributed by atoms with Crippen LogP contribution in [0.15, 0.2) is 22.7 Å². The van der Waals surface area contributed by atoms with Crippen molar-refractivity contribution in [3.8, 4) is 0 Å². The molecule has 0 aromatic heterocycles. The summed E-state index contributed by atoms with van der Waals surface area (Å²) in [6.07, 6.45) is -4.53. The molecule has 1 rings (SSSR count). The lowest BCUT2D eigenvalue weighted by Gasteiger charge is -2.17. The Hall–Kier alpha value is -0.330. The van der Waals surface area contributed by atoms with Crippen LogP contribution in [-0.2, 0) is 0 Å². The lowest BCUT2D eigenvalue weighted by atomic mass is 10.1. The van der Waals surface area contributed by atoms with Gasteiger partial charge in [-0.3, -0.25) is 0 Å². The molecule has 0 saturated heterocycles. The van der Waals surface area contributed by atoms with Gasteiger partial charge in [0.05, 0.1) is 0 Å². The van der Waals surface area contributed by atoms with E-state index in [9.17, 15) is 17.6 Å². The van der Waals surface area contributed by atoms with E-state index in [1.165, 1.54) is 0 Å². The van der Waals surface area contributed by atoms with Crippen LogP contribution in [-0.4, -0.2) is 6.18 Å². The van der Waals surface area contributed by atoms with Gasteiger partial charge in [-0.15, -0.1) is 12.4 Å². The molecular weight excluding hydrogens is 301 g/mol. The normalized spacial score (nSPS) is 13.2. The molecule has 0 spiro atoms. The molecule has 0 saturated carbocycles. The summed E-state index contributed by atoms with van der Waals surface area (Å²) in [7, 11) is 0. The summed E-state index contributed by atoms with van der Waals surface area (Å²) in [4.78, 5) is 0. The number of nitrogens with two attached hydrogens (primary N) is 1. The van der Waals surface area contributed by atoms with Gasteiger partial charge in [0.1, 0.15) is 11.9 Å². The van der Waals surface area contributed by atoms with E-state index in [1.54, 1.807) is 0 Å². The first-order valence-electron chi connectivity index (χ1n) is 3.59. The van der Waals surface area contributed by atoms with Crippen molar-refractivity contribution in [2.45, 2.75) is 12.2 Å². The van der Waals surface area contributed by atoms with Gasteiger partial charge in [-0.05, 0) is 17.7 Å².